The van der Waals surface area contributed by atoms with Crippen molar-refractivity contribution in [3.05, 3.63) is 35.4 Å². The fourth-order valence-electron chi connectivity index (χ4n) is 2.03. The van der Waals surface area contributed by atoms with E-state index in [4.69, 9.17) is 4.74 Å². The first-order valence-electron chi connectivity index (χ1n) is 6.57. The third-order valence-electron chi connectivity index (χ3n) is 3.18. The summed E-state index contributed by atoms with van der Waals surface area (Å²) < 4.78 is 5.37. The molecular formula is C15H25NO. The average Bonchev–Trinajstić information content (AvgIpc) is 2.35. The van der Waals surface area contributed by atoms with Crippen molar-refractivity contribution in [1.82, 2.24) is 5.32 Å². The maximum atomic E-state index is 5.37. The summed E-state index contributed by atoms with van der Waals surface area (Å²) in [6.45, 7) is 5.93. The monoisotopic (exact) mass is 235 g/mol. The SMILES string of the molecule is CCOCCCC(Cc1ccccc1C)NC. The first-order chi connectivity index (χ1) is 8.27. The Morgan fingerprint density at radius 1 is 1.29 bits per heavy atom. The lowest BCUT2D eigenvalue weighted by Crippen LogP contribution is -2.28. The van der Waals surface area contributed by atoms with E-state index < -0.39 is 0 Å². The van der Waals surface area contributed by atoms with Crippen LogP contribution < -0.4 is 5.32 Å². The molecule has 0 aliphatic heterocycles. The summed E-state index contributed by atoms with van der Waals surface area (Å²) in [4.78, 5) is 0. The van der Waals surface area contributed by atoms with Crippen LogP contribution in [0, 0.1) is 6.92 Å². The number of ether oxygens (including phenoxy) is 1. The van der Waals surface area contributed by atoms with Gasteiger partial charge in [0.15, 0.2) is 0 Å². The molecule has 2 nitrogen and oxygen atoms in total. The van der Waals surface area contributed by atoms with E-state index in [1.54, 1.807) is 0 Å². The number of hydrogen-bond acceptors (Lipinski definition) is 2. The Kier molecular flexibility index (Phi) is 6.90. The highest BCUT2D eigenvalue weighted by molar-refractivity contribution is 5.26. The molecule has 1 rings (SSSR count). The fourth-order valence-corrected chi connectivity index (χ4v) is 2.03. The summed E-state index contributed by atoms with van der Waals surface area (Å²) in [5.74, 6) is 0. The fraction of sp³-hybridized carbons (Fsp3) is 0.600. The predicted octanol–water partition coefficient (Wildman–Crippen LogP) is 2.94. The number of aryl methyl sites for hydroxylation is 1. The molecule has 0 saturated heterocycles. The minimum atomic E-state index is 0.552. The van der Waals surface area contributed by atoms with Crippen LogP contribution in [0.4, 0.5) is 0 Å². The van der Waals surface area contributed by atoms with Crippen molar-refractivity contribution < 1.29 is 4.74 Å². The van der Waals surface area contributed by atoms with Crippen molar-refractivity contribution in [2.75, 3.05) is 20.3 Å². The molecule has 0 heterocycles. The van der Waals surface area contributed by atoms with Gasteiger partial charge in [0, 0.05) is 19.3 Å². The van der Waals surface area contributed by atoms with Crippen LogP contribution in [0.1, 0.15) is 30.9 Å². The van der Waals surface area contributed by atoms with Crippen LogP contribution in [0.2, 0.25) is 0 Å². The Labute approximate surface area is 105 Å². The maximum absolute atomic E-state index is 5.37. The maximum Gasteiger partial charge on any atom is 0.0466 e. The summed E-state index contributed by atoms with van der Waals surface area (Å²) in [5.41, 5.74) is 2.83. The predicted molar refractivity (Wildman–Crippen MR) is 73.5 cm³/mol. The molecule has 0 radical (unpaired) electrons. The van der Waals surface area contributed by atoms with E-state index >= 15 is 0 Å². The molecule has 0 saturated carbocycles. The second-order valence-corrected chi connectivity index (χ2v) is 4.46. The largest absolute Gasteiger partial charge is 0.382 e. The van der Waals surface area contributed by atoms with Gasteiger partial charge in [0.25, 0.3) is 0 Å². The summed E-state index contributed by atoms with van der Waals surface area (Å²) in [6, 6.07) is 9.18. The first-order valence-corrected chi connectivity index (χ1v) is 6.57. The van der Waals surface area contributed by atoms with Gasteiger partial charge in [-0.1, -0.05) is 24.3 Å². The van der Waals surface area contributed by atoms with E-state index in [0.717, 1.165) is 26.1 Å². The molecule has 1 aromatic carbocycles. The van der Waals surface area contributed by atoms with Gasteiger partial charge in [0.2, 0.25) is 0 Å². The third kappa shape index (κ3) is 5.33. The van der Waals surface area contributed by atoms with Crippen LogP contribution in [-0.2, 0) is 11.2 Å². The quantitative estimate of drug-likeness (QED) is 0.700. The lowest BCUT2D eigenvalue weighted by Gasteiger charge is -2.17. The number of benzene rings is 1. The molecular weight excluding hydrogens is 210 g/mol. The van der Waals surface area contributed by atoms with Crippen molar-refractivity contribution in [3.63, 3.8) is 0 Å². The average molecular weight is 235 g/mol. The molecule has 0 fully saturated rings. The van der Waals surface area contributed by atoms with E-state index in [9.17, 15) is 0 Å². The van der Waals surface area contributed by atoms with Crippen molar-refractivity contribution in [2.45, 2.75) is 39.2 Å². The van der Waals surface area contributed by atoms with Crippen LogP contribution in [0.3, 0.4) is 0 Å². The zero-order valence-corrected chi connectivity index (χ0v) is 11.3. The smallest absolute Gasteiger partial charge is 0.0466 e. The molecule has 0 amide bonds. The van der Waals surface area contributed by atoms with Gasteiger partial charge in [-0.05, 0) is 51.3 Å². The van der Waals surface area contributed by atoms with Gasteiger partial charge < -0.3 is 10.1 Å². The molecule has 0 aliphatic rings. The summed E-state index contributed by atoms with van der Waals surface area (Å²) in [6.07, 6.45) is 3.41. The second-order valence-electron chi connectivity index (χ2n) is 4.46. The zero-order valence-electron chi connectivity index (χ0n) is 11.3. The molecule has 96 valence electrons. The Balaban J connectivity index is 2.38. The van der Waals surface area contributed by atoms with Crippen molar-refractivity contribution >= 4 is 0 Å². The lowest BCUT2D eigenvalue weighted by atomic mass is 9.98. The Morgan fingerprint density at radius 3 is 2.71 bits per heavy atom. The zero-order chi connectivity index (χ0) is 12.5. The number of likely N-dealkylation sites (N-methyl/N-ethyl adjacent to an activating group) is 1. The lowest BCUT2D eigenvalue weighted by molar-refractivity contribution is 0.141. The van der Waals surface area contributed by atoms with Gasteiger partial charge in [-0.3, -0.25) is 0 Å². The van der Waals surface area contributed by atoms with Crippen molar-refractivity contribution in [2.24, 2.45) is 0 Å². The highest BCUT2D eigenvalue weighted by Gasteiger charge is 2.08. The number of hydrogen-bond donors (Lipinski definition) is 1. The molecule has 1 unspecified atom stereocenters. The first kappa shape index (κ1) is 14.2. The Bertz CT molecular complexity index is 312. The van der Waals surface area contributed by atoms with Gasteiger partial charge in [-0.2, -0.15) is 0 Å². The van der Waals surface area contributed by atoms with Crippen LogP contribution in [0.25, 0.3) is 0 Å². The molecule has 0 bridgehead atoms. The van der Waals surface area contributed by atoms with Crippen LogP contribution in [-0.4, -0.2) is 26.3 Å². The second kappa shape index (κ2) is 8.26. The van der Waals surface area contributed by atoms with E-state index in [2.05, 4.69) is 36.5 Å². The topological polar surface area (TPSA) is 21.3 Å². The molecule has 1 aromatic rings. The molecule has 1 N–H and O–H groups in total. The normalized spacial score (nSPS) is 12.6. The van der Waals surface area contributed by atoms with Gasteiger partial charge >= 0.3 is 0 Å². The van der Waals surface area contributed by atoms with Gasteiger partial charge in [0.05, 0.1) is 0 Å². The van der Waals surface area contributed by atoms with E-state index in [-0.39, 0.29) is 0 Å². The Morgan fingerprint density at radius 2 is 2.06 bits per heavy atom. The standard InChI is InChI=1S/C15H25NO/c1-4-17-11-7-10-15(16-3)12-14-9-6-5-8-13(14)2/h5-6,8-9,15-16H,4,7,10-12H2,1-3H3. The summed E-state index contributed by atoms with van der Waals surface area (Å²) in [5, 5.41) is 3.40. The Hall–Kier alpha value is -0.860. The van der Waals surface area contributed by atoms with Crippen LogP contribution in [0.5, 0.6) is 0 Å². The van der Waals surface area contributed by atoms with Crippen LogP contribution >= 0.6 is 0 Å². The highest BCUT2D eigenvalue weighted by Crippen LogP contribution is 2.12. The highest BCUT2D eigenvalue weighted by atomic mass is 16.5. The molecule has 1 atom stereocenters. The summed E-state index contributed by atoms with van der Waals surface area (Å²) in [7, 11) is 2.05. The molecule has 17 heavy (non-hydrogen) atoms. The van der Waals surface area contributed by atoms with Crippen molar-refractivity contribution in [1.29, 1.82) is 0 Å². The minimum absolute atomic E-state index is 0.552. The number of rotatable bonds is 8. The molecule has 2 heteroatoms. The van der Waals surface area contributed by atoms with E-state index in [1.807, 2.05) is 14.0 Å². The molecule has 0 aliphatic carbocycles. The summed E-state index contributed by atoms with van der Waals surface area (Å²) >= 11 is 0. The molecule has 0 aromatic heterocycles. The third-order valence-corrected chi connectivity index (χ3v) is 3.18. The van der Waals surface area contributed by atoms with Gasteiger partial charge in [0.1, 0.15) is 0 Å². The number of nitrogens with one attached hydrogen (secondary N) is 1. The molecule has 0 spiro atoms. The van der Waals surface area contributed by atoms with Gasteiger partial charge in [-0.15, -0.1) is 0 Å². The minimum Gasteiger partial charge on any atom is -0.382 e. The van der Waals surface area contributed by atoms with Crippen LogP contribution in [0.15, 0.2) is 24.3 Å². The van der Waals surface area contributed by atoms with Gasteiger partial charge in [-0.25, -0.2) is 0 Å². The van der Waals surface area contributed by atoms with E-state index in [1.165, 1.54) is 17.5 Å². The van der Waals surface area contributed by atoms with E-state index in [0.29, 0.717) is 6.04 Å². The van der Waals surface area contributed by atoms with Crippen molar-refractivity contribution in [3.8, 4) is 0 Å².